The summed E-state index contributed by atoms with van der Waals surface area (Å²) in [6, 6.07) is 5.01. The van der Waals surface area contributed by atoms with E-state index in [4.69, 9.17) is 14.2 Å². The van der Waals surface area contributed by atoms with E-state index in [1.54, 1.807) is 11.9 Å². The molecule has 244 valence electrons. The number of piperidine rings is 1. The van der Waals surface area contributed by atoms with E-state index < -0.39 is 24.3 Å². The van der Waals surface area contributed by atoms with Gasteiger partial charge in [0.1, 0.15) is 18.0 Å². The van der Waals surface area contributed by atoms with Crippen molar-refractivity contribution >= 4 is 23.8 Å². The summed E-state index contributed by atoms with van der Waals surface area (Å²) in [6.45, 7) is 10.2. The Hall–Kier alpha value is -2.95. The number of carbonyl (C=O) groups excluding carboxylic acids is 2. The zero-order chi connectivity index (χ0) is 31.8. The van der Waals surface area contributed by atoms with Gasteiger partial charge in [0.15, 0.2) is 0 Å². The van der Waals surface area contributed by atoms with Crippen LogP contribution in [0.25, 0.3) is 6.08 Å². The Morgan fingerprint density at radius 3 is 2.59 bits per heavy atom. The van der Waals surface area contributed by atoms with Crippen LogP contribution in [-0.4, -0.2) is 105 Å². The number of hydrogen-bond acceptors (Lipinski definition) is 8. The lowest BCUT2D eigenvalue weighted by Gasteiger charge is -2.36. The quantitative estimate of drug-likeness (QED) is 0.370. The van der Waals surface area contributed by atoms with E-state index in [0.29, 0.717) is 44.7 Å². The van der Waals surface area contributed by atoms with Gasteiger partial charge >= 0.3 is 12.1 Å². The van der Waals surface area contributed by atoms with Crippen LogP contribution in [0.4, 0.5) is 14.9 Å². The molecule has 9 nitrogen and oxygen atoms in total. The van der Waals surface area contributed by atoms with E-state index >= 15 is 0 Å². The Balaban J connectivity index is 1.55. The fraction of sp³-hybridized carbons (Fsp3) is 0.647. The van der Waals surface area contributed by atoms with Crippen molar-refractivity contribution in [1.82, 2.24) is 9.80 Å². The van der Waals surface area contributed by atoms with Crippen LogP contribution in [-0.2, 0) is 19.0 Å². The molecule has 2 fully saturated rings. The van der Waals surface area contributed by atoms with Crippen molar-refractivity contribution < 1.29 is 33.3 Å². The molecule has 3 aliphatic heterocycles. The highest BCUT2D eigenvalue weighted by Gasteiger charge is 2.30. The highest BCUT2D eigenvalue weighted by Crippen LogP contribution is 2.28. The molecule has 6 atom stereocenters. The number of likely N-dealkylation sites (tertiary alicyclic amines) is 1. The summed E-state index contributed by atoms with van der Waals surface area (Å²) in [7, 11) is 3.86. The molecule has 0 bridgehead atoms. The Morgan fingerprint density at radius 2 is 1.86 bits per heavy atom. The molecule has 1 aromatic carbocycles. The summed E-state index contributed by atoms with van der Waals surface area (Å²) in [6.07, 6.45) is 6.04. The van der Waals surface area contributed by atoms with Crippen molar-refractivity contribution in [3.63, 3.8) is 0 Å². The Labute approximate surface area is 261 Å². The maximum atomic E-state index is 14.7. The number of anilines is 1. The van der Waals surface area contributed by atoms with Crippen LogP contribution in [0, 0.1) is 17.7 Å². The summed E-state index contributed by atoms with van der Waals surface area (Å²) < 4.78 is 32.1. The van der Waals surface area contributed by atoms with Crippen LogP contribution >= 0.6 is 0 Å². The van der Waals surface area contributed by atoms with E-state index in [2.05, 4.69) is 16.8 Å². The summed E-state index contributed by atoms with van der Waals surface area (Å²) >= 11 is 0. The predicted octanol–water partition coefficient (Wildman–Crippen LogP) is 4.88. The largest absolute Gasteiger partial charge is 0.457 e. The number of likely N-dealkylation sites (N-methyl/N-ethyl adjacent to an activating group) is 2. The average molecular weight is 616 g/mol. The van der Waals surface area contributed by atoms with Gasteiger partial charge in [-0.25, -0.2) is 9.18 Å². The zero-order valence-electron chi connectivity index (χ0n) is 26.9. The third kappa shape index (κ3) is 9.52. The molecule has 0 aromatic heterocycles. The van der Waals surface area contributed by atoms with Gasteiger partial charge in [-0.3, -0.25) is 4.79 Å². The number of nitrogens with zero attached hydrogens (tertiary/aromatic N) is 3. The molecule has 0 aliphatic carbocycles. The molecule has 44 heavy (non-hydrogen) atoms. The smallest absolute Gasteiger partial charge is 0.410 e. The molecular formula is C34H50FN3O6. The number of amides is 1. The molecule has 4 rings (SSSR count). The molecule has 0 radical (unpaired) electrons. The lowest BCUT2D eigenvalue weighted by Crippen LogP contribution is -2.48. The summed E-state index contributed by atoms with van der Waals surface area (Å²) in [5.74, 6) is -1.18. The third-order valence-corrected chi connectivity index (χ3v) is 9.06. The number of cyclic esters (lactones) is 1. The van der Waals surface area contributed by atoms with Gasteiger partial charge in [-0.15, -0.1) is 0 Å². The van der Waals surface area contributed by atoms with E-state index in [1.165, 1.54) is 12.1 Å². The van der Waals surface area contributed by atoms with Crippen LogP contribution < -0.4 is 4.90 Å². The van der Waals surface area contributed by atoms with Gasteiger partial charge in [-0.2, -0.15) is 0 Å². The second-order valence-electron chi connectivity index (χ2n) is 12.8. The molecule has 1 unspecified atom stereocenters. The Kier molecular flexibility index (Phi) is 12.2. The number of aliphatic hydroxyl groups is 1. The summed E-state index contributed by atoms with van der Waals surface area (Å²) in [4.78, 5) is 32.2. The van der Waals surface area contributed by atoms with Crippen LogP contribution in [0.2, 0.25) is 0 Å². The minimum Gasteiger partial charge on any atom is -0.457 e. The van der Waals surface area contributed by atoms with E-state index in [9.17, 15) is 19.1 Å². The van der Waals surface area contributed by atoms with E-state index in [-0.39, 0.29) is 36.2 Å². The molecule has 1 aromatic rings. The molecule has 1 amide bonds. The standard InChI is InChI=1S/C34H50FN3O6/c1-23-8-10-30(39)21-32(40)44-33(25(3)17-26-18-27(35)20-29(19-26)38-13-15-42-16-14-38)24(2)9-11-31(23)43-34(41)37(5)28-7-6-12-36(4)22-28/h9,11,17-20,23-24,28,30-31,33,39H,6-8,10,12-16,21-22H2,1-5H3/b11-9-,25-17+/t23-,24-,28?,30+,31-,33-/m0/s1. The fourth-order valence-electron chi connectivity index (χ4n) is 6.28. The molecule has 10 heteroatoms. The highest BCUT2D eigenvalue weighted by atomic mass is 19.1. The Bertz CT molecular complexity index is 1190. The minimum absolute atomic E-state index is 0.0732. The van der Waals surface area contributed by atoms with Gasteiger partial charge in [0, 0.05) is 44.3 Å². The number of morpholine rings is 1. The number of ether oxygens (including phenoxy) is 3. The number of rotatable bonds is 5. The van der Waals surface area contributed by atoms with Crippen LogP contribution in [0.5, 0.6) is 0 Å². The number of benzene rings is 1. The number of esters is 1. The lowest BCUT2D eigenvalue weighted by atomic mass is 9.91. The first kappa shape index (κ1) is 33.9. The van der Waals surface area contributed by atoms with Crippen molar-refractivity contribution in [2.24, 2.45) is 11.8 Å². The van der Waals surface area contributed by atoms with E-state index in [0.717, 1.165) is 37.2 Å². The molecule has 1 N–H and O–H groups in total. The van der Waals surface area contributed by atoms with Crippen molar-refractivity contribution in [2.75, 3.05) is 58.4 Å². The maximum Gasteiger partial charge on any atom is 0.410 e. The molecule has 0 spiro atoms. The molecular weight excluding hydrogens is 565 g/mol. The minimum atomic E-state index is -0.871. The van der Waals surface area contributed by atoms with Gasteiger partial charge < -0.3 is 34.0 Å². The SMILES string of the molecule is C/C(=C\c1cc(F)cc(N2CCOCC2)c1)[C@H]1OC(=O)C[C@H](O)CC[C@H](C)[C@@H](OC(=O)N(C)C2CCCN(C)C2)/C=C\[C@@H]1C. The molecule has 0 saturated carbocycles. The van der Waals surface area contributed by atoms with Gasteiger partial charge in [-0.1, -0.05) is 26.0 Å². The third-order valence-electron chi connectivity index (χ3n) is 9.06. The zero-order valence-corrected chi connectivity index (χ0v) is 26.9. The average Bonchev–Trinajstić information content (AvgIpc) is 2.99. The first-order valence-electron chi connectivity index (χ1n) is 16.0. The summed E-state index contributed by atoms with van der Waals surface area (Å²) in [5.41, 5.74) is 2.19. The maximum absolute atomic E-state index is 14.7. The van der Waals surface area contributed by atoms with Gasteiger partial charge in [0.2, 0.25) is 0 Å². The van der Waals surface area contributed by atoms with Gasteiger partial charge in [0.25, 0.3) is 0 Å². The monoisotopic (exact) mass is 615 g/mol. The topological polar surface area (TPSA) is 91.8 Å². The van der Waals surface area contributed by atoms with Gasteiger partial charge in [-0.05, 0) is 87.5 Å². The molecule has 3 aliphatic rings. The summed E-state index contributed by atoms with van der Waals surface area (Å²) in [5, 5.41) is 10.6. The van der Waals surface area contributed by atoms with Crippen LogP contribution in [0.3, 0.4) is 0 Å². The first-order valence-corrected chi connectivity index (χ1v) is 16.0. The van der Waals surface area contributed by atoms with Gasteiger partial charge in [0.05, 0.1) is 25.7 Å². The number of carbonyl (C=O) groups is 2. The number of hydrogen-bond donors (Lipinski definition) is 1. The van der Waals surface area contributed by atoms with Crippen LogP contribution in [0.15, 0.2) is 35.9 Å². The van der Waals surface area contributed by atoms with E-state index in [1.807, 2.05) is 45.1 Å². The fourth-order valence-corrected chi connectivity index (χ4v) is 6.28. The highest BCUT2D eigenvalue weighted by molar-refractivity contribution is 5.71. The lowest BCUT2D eigenvalue weighted by molar-refractivity contribution is -0.151. The Morgan fingerprint density at radius 1 is 1.11 bits per heavy atom. The van der Waals surface area contributed by atoms with Crippen molar-refractivity contribution in [2.45, 2.75) is 77.2 Å². The number of halogens is 1. The van der Waals surface area contributed by atoms with Crippen molar-refractivity contribution in [3.05, 3.63) is 47.3 Å². The second-order valence-corrected chi connectivity index (χ2v) is 12.8. The molecule has 3 heterocycles. The predicted molar refractivity (Wildman–Crippen MR) is 169 cm³/mol. The first-order chi connectivity index (χ1) is 21.0. The second kappa shape index (κ2) is 15.9. The molecule has 2 saturated heterocycles. The van der Waals surface area contributed by atoms with Crippen molar-refractivity contribution in [1.29, 1.82) is 0 Å². The van der Waals surface area contributed by atoms with Crippen molar-refractivity contribution in [3.8, 4) is 0 Å². The number of aliphatic hydroxyl groups excluding tert-OH is 1. The normalized spacial score (nSPS) is 30.5. The van der Waals surface area contributed by atoms with Crippen LogP contribution in [0.1, 0.15) is 58.4 Å².